The van der Waals surface area contributed by atoms with E-state index in [9.17, 15) is 15.3 Å². The third-order valence-electron chi connectivity index (χ3n) is 5.56. The Morgan fingerprint density at radius 1 is 1.11 bits per heavy atom. The van der Waals surface area contributed by atoms with Gasteiger partial charge in [0.15, 0.2) is 11.2 Å². The van der Waals surface area contributed by atoms with Crippen LogP contribution in [0.4, 0.5) is 5.69 Å². The second-order valence-corrected chi connectivity index (χ2v) is 7.86. The zero-order chi connectivity index (χ0) is 19.2. The van der Waals surface area contributed by atoms with Gasteiger partial charge < -0.3 is 4.90 Å². The van der Waals surface area contributed by atoms with Crippen LogP contribution in [-0.4, -0.2) is 17.9 Å². The predicted molar refractivity (Wildman–Crippen MR) is 107 cm³/mol. The highest BCUT2D eigenvalue weighted by atomic mass is 79.9. The monoisotopic (exact) mass is 417 g/mol. The van der Waals surface area contributed by atoms with E-state index in [1.165, 1.54) is 0 Å². The highest BCUT2D eigenvalue weighted by molar-refractivity contribution is 9.10. The fraction of sp³-hybridized carbons (Fsp3) is 0.227. The number of hydrogen-bond donors (Lipinski definition) is 0. The summed E-state index contributed by atoms with van der Waals surface area (Å²) < 4.78 is 0.908. The first-order valence-electron chi connectivity index (χ1n) is 8.67. The van der Waals surface area contributed by atoms with E-state index in [0.717, 1.165) is 21.3 Å². The Hall–Kier alpha value is -2.89. The van der Waals surface area contributed by atoms with Gasteiger partial charge in [0.05, 0.1) is 24.2 Å². The number of Topliss-reactive ketones (excluding diaryl/α,β-unsaturated/α-hetero) is 1. The van der Waals surface area contributed by atoms with Crippen LogP contribution in [0.3, 0.4) is 0 Å². The van der Waals surface area contributed by atoms with Crippen molar-refractivity contribution in [3.8, 4) is 12.1 Å². The lowest BCUT2D eigenvalue weighted by atomic mass is 9.69. The SMILES string of the molecule is CC(=O)[C@H]1[C@H](c2ccc(Br)cc2)C(C#N)(C#N)[C@H]2C=Cc3ccccc3N12. The molecule has 0 radical (unpaired) electrons. The Kier molecular flexibility index (Phi) is 4.13. The molecule has 4 nitrogen and oxygen atoms in total. The number of anilines is 1. The predicted octanol–water partition coefficient (Wildman–Crippen LogP) is 4.44. The van der Waals surface area contributed by atoms with Gasteiger partial charge in [0.1, 0.15) is 0 Å². The maximum absolute atomic E-state index is 12.8. The normalized spacial score (nSPS) is 24.4. The van der Waals surface area contributed by atoms with Crippen molar-refractivity contribution in [2.24, 2.45) is 5.41 Å². The van der Waals surface area contributed by atoms with Crippen LogP contribution in [0.5, 0.6) is 0 Å². The van der Waals surface area contributed by atoms with E-state index >= 15 is 0 Å². The van der Waals surface area contributed by atoms with E-state index in [1.807, 2.05) is 65.6 Å². The number of benzene rings is 2. The highest BCUT2D eigenvalue weighted by Gasteiger charge is 2.62. The first kappa shape index (κ1) is 17.5. The molecule has 0 aliphatic carbocycles. The van der Waals surface area contributed by atoms with Crippen LogP contribution >= 0.6 is 15.9 Å². The molecule has 2 aliphatic rings. The topological polar surface area (TPSA) is 67.9 Å². The maximum Gasteiger partial charge on any atom is 0.176 e. The summed E-state index contributed by atoms with van der Waals surface area (Å²) in [5.74, 6) is -0.593. The summed E-state index contributed by atoms with van der Waals surface area (Å²) in [5, 5.41) is 20.3. The number of carbonyl (C=O) groups excluding carboxylic acids is 1. The first-order chi connectivity index (χ1) is 13.0. The van der Waals surface area contributed by atoms with Gasteiger partial charge in [-0.1, -0.05) is 58.4 Å². The lowest BCUT2D eigenvalue weighted by Gasteiger charge is -2.35. The molecule has 3 atom stereocenters. The van der Waals surface area contributed by atoms with Crippen LogP contribution in [0.1, 0.15) is 24.0 Å². The summed E-state index contributed by atoms with van der Waals surface area (Å²) in [5.41, 5.74) is 1.34. The number of nitriles is 2. The molecule has 2 aliphatic heterocycles. The first-order valence-corrected chi connectivity index (χ1v) is 9.47. The minimum absolute atomic E-state index is 0.0506. The number of carbonyl (C=O) groups is 1. The van der Waals surface area contributed by atoms with E-state index in [4.69, 9.17) is 0 Å². The molecule has 2 aromatic rings. The van der Waals surface area contributed by atoms with Crippen molar-refractivity contribution in [3.63, 3.8) is 0 Å². The average molecular weight is 418 g/mol. The molecule has 0 spiro atoms. The van der Waals surface area contributed by atoms with E-state index in [2.05, 4.69) is 28.1 Å². The Morgan fingerprint density at radius 2 is 1.78 bits per heavy atom. The number of ketones is 1. The summed E-state index contributed by atoms with van der Waals surface area (Å²) >= 11 is 3.42. The van der Waals surface area contributed by atoms with Crippen molar-refractivity contribution in [1.29, 1.82) is 10.5 Å². The average Bonchev–Trinajstić information content (AvgIpc) is 3.00. The minimum atomic E-state index is -1.35. The number of rotatable bonds is 2. The number of halogens is 1. The Labute approximate surface area is 166 Å². The standard InChI is InChI=1S/C22H16BrN3O/c1-14(27)21-20(16-6-9-17(23)10-7-16)22(12-24,13-25)19-11-8-15-4-2-3-5-18(15)26(19)21/h2-11,19-21H,1H3/t19-,20+,21+/m1/s1. The third kappa shape index (κ3) is 2.43. The summed E-state index contributed by atoms with van der Waals surface area (Å²) in [6.45, 7) is 1.54. The van der Waals surface area contributed by atoms with Crippen molar-refractivity contribution >= 4 is 33.5 Å². The molecule has 132 valence electrons. The lowest BCUT2D eigenvalue weighted by molar-refractivity contribution is -0.118. The van der Waals surface area contributed by atoms with Crippen LogP contribution in [0.15, 0.2) is 59.1 Å². The van der Waals surface area contributed by atoms with Gasteiger partial charge in [0, 0.05) is 16.1 Å². The molecular formula is C22H16BrN3O. The molecule has 0 bridgehead atoms. The van der Waals surface area contributed by atoms with Crippen LogP contribution in [0.25, 0.3) is 6.08 Å². The Bertz CT molecular complexity index is 1010. The molecule has 0 aromatic heterocycles. The molecule has 0 N–H and O–H groups in total. The molecule has 2 aromatic carbocycles. The van der Waals surface area contributed by atoms with Crippen molar-refractivity contribution in [3.05, 3.63) is 70.2 Å². The molecule has 0 unspecified atom stereocenters. The number of hydrogen-bond acceptors (Lipinski definition) is 4. The van der Waals surface area contributed by atoms with Gasteiger partial charge in [-0.05, 0) is 36.2 Å². The van der Waals surface area contributed by atoms with Crippen LogP contribution < -0.4 is 4.90 Å². The van der Waals surface area contributed by atoms with E-state index in [-0.39, 0.29) is 5.78 Å². The smallest absolute Gasteiger partial charge is 0.176 e. The number of nitrogens with zero attached hydrogens (tertiary/aromatic N) is 3. The fourth-order valence-corrected chi connectivity index (χ4v) is 4.70. The molecule has 0 saturated carbocycles. The van der Waals surface area contributed by atoms with E-state index in [1.54, 1.807) is 6.92 Å². The quantitative estimate of drug-likeness (QED) is 0.723. The van der Waals surface area contributed by atoms with Crippen molar-refractivity contribution < 1.29 is 4.79 Å². The Balaban J connectivity index is 1.99. The summed E-state index contributed by atoms with van der Waals surface area (Å²) in [7, 11) is 0. The highest BCUT2D eigenvalue weighted by Crippen LogP contribution is 2.55. The molecule has 1 fully saturated rings. The maximum atomic E-state index is 12.8. The zero-order valence-electron chi connectivity index (χ0n) is 14.6. The molecular weight excluding hydrogens is 402 g/mol. The van der Waals surface area contributed by atoms with E-state index < -0.39 is 23.4 Å². The third-order valence-corrected chi connectivity index (χ3v) is 6.09. The van der Waals surface area contributed by atoms with Gasteiger partial charge in [0.25, 0.3) is 0 Å². The summed E-state index contributed by atoms with van der Waals surface area (Å²) in [6, 6.07) is 18.8. The van der Waals surface area contributed by atoms with Gasteiger partial charge in [0.2, 0.25) is 0 Å². The number of fused-ring (bicyclic) bond motifs is 3. The largest absolute Gasteiger partial charge is 0.351 e. The Morgan fingerprint density at radius 3 is 2.41 bits per heavy atom. The van der Waals surface area contributed by atoms with Crippen LogP contribution in [0, 0.1) is 28.1 Å². The molecule has 4 rings (SSSR count). The van der Waals surface area contributed by atoms with Crippen molar-refractivity contribution in [2.45, 2.75) is 24.9 Å². The molecule has 5 heteroatoms. The molecule has 27 heavy (non-hydrogen) atoms. The summed E-state index contributed by atoms with van der Waals surface area (Å²) in [4.78, 5) is 14.8. The van der Waals surface area contributed by atoms with Crippen molar-refractivity contribution in [2.75, 3.05) is 4.90 Å². The molecule has 0 amide bonds. The summed E-state index contributed by atoms with van der Waals surface area (Å²) in [6.07, 6.45) is 3.84. The zero-order valence-corrected chi connectivity index (χ0v) is 16.2. The van der Waals surface area contributed by atoms with Gasteiger partial charge in [-0.25, -0.2) is 0 Å². The van der Waals surface area contributed by atoms with Gasteiger partial charge in [-0.3, -0.25) is 4.79 Å². The van der Waals surface area contributed by atoms with Gasteiger partial charge in [-0.2, -0.15) is 10.5 Å². The second kappa shape index (κ2) is 6.37. The van der Waals surface area contributed by atoms with E-state index in [0.29, 0.717) is 0 Å². The van der Waals surface area contributed by atoms with Gasteiger partial charge >= 0.3 is 0 Å². The van der Waals surface area contributed by atoms with Crippen LogP contribution in [-0.2, 0) is 4.79 Å². The lowest BCUT2D eigenvalue weighted by Crippen LogP contribution is -2.43. The minimum Gasteiger partial charge on any atom is -0.351 e. The van der Waals surface area contributed by atoms with Crippen molar-refractivity contribution in [1.82, 2.24) is 0 Å². The second-order valence-electron chi connectivity index (χ2n) is 6.95. The molecule has 1 saturated heterocycles. The van der Waals surface area contributed by atoms with Gasteiger partial charge in [-0.15, -0.1) is 0 Å². The molecule has 2 heterocycles. The van der Waals surface area contributed by atoms with Crippen LogP contribution in [0.2, 0.25) is 0 Å². The number of para-hydroxylation sites is 1. The fourth-order valence-electron chi connectivity index (χ4n) is 4.43.